The third-order valence-corrected chi connectivity index (χ3v) is 4.32. The van der Waals surface area contributed by atoms with Crippen LogP contribution in [0.3, 0.4) is 0 Å². The van der Waals surface area contributed by atoms with Crippen molar-refractivity contribution < 1.29 is 19.2 Å². The zero-order chi connectivity index (χ0) is 19.1. The number of anilines is 2. The number of ether oxygens (including phenoxy) is 1. The fourth-order valence-electron chi connectivity index (χ4n) is 2.31. The van der Waals surface area contributed by atoms with Gasteiger partial charge in [0, 0.05) is 11.8 Å². The molecule has 0 spiro atoms. The van der Waals surface area contributed by atoms with Crippen molar-refractivity contribution in [2.24, 2.45) is 0 Å². The summed E-state index contributed by atoms with van der Waals surface area (Å²) in [4.78, 5) is 25.0. The highest BCUT2D eigenvalue weighted by Gasteiger charge is 2.16. The van der Waals surface area contributed by atoms with Crippen LogP contribution >= 0.6 is 23.2 Å². The van der Waals surface area contributed by atoms with Crippen LogP contribution in [0.5, 0.6) is 5.75 Å². The lowest BCUT2D eigenvalue weighted by molar-refractivity contribution is -0.862. The summed E-state index contributed by atoms with van der Waals surface area (Å²) >= 11 is 12.0. The van der Waals surface area contributed by atoms with E-state index in [0.717, 1.165) is 4.90 Å². The summed E-state index contributed by atoms with van der Waals surface area (Å²) in [6.07, 6.45) is 0. The first-order valence-electron chi connectivity index (χ1n) is 7.88. The molecule has 0 radical (unpaired) electrons. The van der Waals surface area contributed by atoms with Crippen LogP contribution in [-0.4, -0.2) is 39.1 Å². The average Bonchev–Trinajstić information content (AvgIpc) is 2.58. The van der Waals surface area contributed by atoms with E-state index >= 15 is 0 Å². The van der Waals surface area contributed by atoms with Crippen molar-refractivity contribution in [3.63, 3.8) is 0 Å². The summed E-state index contributed by atoms with van der Waals surface area (Å²) in [7, 11) is 3.31. The molecule has 2 rings (SSSR count). The Labute approximate surface area is 162 Å². The van der Waals surface area contributed by atoms with Gasteiger partial charge in [-0.05, 0) is 24.3 Å². The minimum Gasteiger partial charge on any atom is -0.497 e. The molecule has 1 atom stereocenters. The number of methoxy groups -OCH3 is 1. The lowest BCUT2D eigenvalue weighted by Gasteiger charge is -2.14. The van der Waals surface area contributed by atoms with Crippen LogP contribution in [0.4, 0.5) is 11.4 Å². The van der Waals surface area contributed by atoms with Crippen LogP contribution in [0.25, 0.3) is 0 Å². The van der Waals surface area contributed by atoms with Gasteiger partial charge in [0.15, 0.2) is 13.1 Å². The third-order valence-electron chi connectivity index (χ3n) is 3.50. The molecule has 0 saturated heterocycles. The van der Waals surface area contributed by atoms with Gasteiger partial charge in [-0.25, -0.2) is 0 Å². The van der Waals surface area contributed by atoms with Crippen molar-refractivity contribution in [3.05, 3.63) is 52.5 Å². The molecule has 26 heavy (non-hydrogen) atoms. The van der Waals surface area contributed by atoms with Gasteiger partial charge in [0.1, 0.15) is 5.75 Å². The molecule has 0 aliphatic rings. The van der Waals surface area contributed by atoms with E-state index in [-0.39, 0.29) is 29.9 Å². The van der Waals surface area contributed by atoms with E-state index < -0.39 is 0 Å². The molecule has 1 unspecified atom stereocenters. The molecule has 2 aromatic rings. The average molecular weight is 397 g/mol. The molecular formula is C18H20Cl2N3O3+. The molecule has 2 aromatic carbocycles. The van der Waals surface area contributed by atoms with E-state index in [4.69, 9.17) is 27.9 Å². The minimum absolute atomic E-state index is 0.106. The number of carbonyl (C=O) groups excluding carboxylic acids is 2. The molecule has 8 heteroatoms. The zero-order valence-electron chi connectivity index (χ0n) is 14.4. The number of rotatable bonds is 7. The molecular weight excluding hydrogens is 377 g/mol. The van der Waals surface area contributed by atoms with Crippen molar-refractivity contribution in [2.75, 3.05) is 37.9 Å². The number of hydrogen-bond donors (Lipinski definition) is 3. The summed E-state index contributed by atoms with van der Waals surface area (Å²) in [6.45, 7) is 0.238. The molecule has 3 N–H and O–H groups in total. The molecule has 0 aromatic heterocycles. The fourth-order valence-corrected chi connectivity index (χ4v) is 2.66. The van der Waals surface area contributed by atoms with Crippen LogP contribution in [0.2, 0.25) is 10.0 Å². The lowest BCUT2D eigenvalue weighted by Crippen LogP contribution is -3.11. The van der Waals surface area contributed by atoms with E-state index in [0.29, 0.717) is 22.1 Å². The monoisotopic (exact) mass is 396 g/mol. The van der Waals surface area contributed by atoms with E-state index in [1.807, 2.05) is 0 Å². The van der Waals surface area contributed by atoms with Gasteiger partial charge >= 0.3 is 0 Å². The quantitative estimate of drug-likeness (QED) is 0.670. The number of hydrogen-bond acceptors (Lipinski definition) is 3. The predicted octanol–water partition coefficient (Wildman–Crippen LogP) is 2.09. The van der Waals surface area contributed by atoms with Crippen molar-refractivity contribution in [2.45, 2.75) is 0 Å². The van der Waals surface area contributed by atoms with Crippen LogP contribution < -0.4 is 20.3 Å². The second-order valence-electron chi connectivity index (χ2n) is 5.74. The first-order chi connectivity index (χ1) is 12.4. The number of amides is 2. The normalized spacial score (nSPS) is 11.5. The number of halogens is 2. The van der Waals surface area contributed by atoms with Gasteiger partial charge in [0.2, 0.25) is 0 Å². The van der Waals surface area contributed by atoms with Crippen LogP contribution in [0, 0.1) is 0 Å². The summed E-state index contributed by atoms with van der Waals surface area (Å²) in [5.74, 6) is 0.187. The molecule has 0 saturated carbocycles. The van der Waals surface area contributed by atoms with E-state index in [1.165, 1.54) is 0 Å². The number of likely N-dealkylation sites (N-methyl/N-ethyl adjacent to an activating group) is 1. The Morgan fingerprint density at radius 3 is 2.38 bits per heavy atom. The highest BCUT2D eigenvalue weighted by Crippen LogP contribution is 2.29. The van der Waals surface area contributed by atoms with Crippen LogP contribution in [0.1, 0.15) is 0 Å². The number of quaternary nitrogens is 1. The van der Waals surface area contributed by atoms with E-state index in [2.05, 4.69) is 10.6 Å². The minimum atomic E-state index is -0.263. The fraction of sp³-hybridized carbons (Fsp3) is 0.222. The van der Waals surface area contributed by atoms with Crippen LogP contribution in [0.15, 0.2) is 42.5 Å². The van der Waals surface area contributed by atoms with Crippen molar-refractivity contribution in [1.82, 2.24) is 0 Å². The first-order valence-corrected chi connectivity index (χ1v) is 8.63. The Balaban J connectivity index is 1.85. The SMILES string of the molecule is COc1cccc(NC(=O)C[NH+](C)CC(=O)Nc2cccc(Cl)c2Cl)c1. The van der Waals surface area contributed by atoms with Crippen molar-refractivity contribution >= 4 is 46.4 Å². The number of nitrogens with one attached hydrogen (secondary N) is 3. The predicted molar refractivity (Wildman–Crippen MR) is 103 cm³/mol. The van der Waals surface area contributed by atoms with Gasteiger partial charge in [-0.2, -0.15) is 0 Å². The Hall–Kier alpha value is -2.28. The Bertz CT molecular complexity index is 799. The maximum atomic E-state index is 12.1. The molecule has 0 aliphatic carbocycles. The highest BCUT2D eigenvalue weighted by molar-refractivity contribution is 6.43. The maximum Gasteiger partial charge on any atom is 0.279 e. The smallest absolute Gasteiger partial charge is 0.279 e. The molecule has 2 amide bonds. The second kappa shape index (κ2) is 9.43. The van der Waals surface area contributed by atoms with Gasteiger partial charge in [-0.1, -0.05) is 35.3 Å². The second-order valence-corrected chi connectivity index (χ2v) is 6.53. The summed E-state index contributed by atoms with van der Waals surface area (Å²) in [6, 6.07) is 12.1. The van der Waals surface area contributed by atoms with Crippen molar-refractivity contribution in [3.8, 4) is 5.75 Å². The van der Waals surface area contributed by atoms with Gasteiger partial charge in [0.05, 0.1) is 29.9 Å². The number of carbonyl (C=O) groups is 2. The third kappa shape index (κ3) is 5.91. The van der Waals surface area contributed by atoms with Gasteiger partial charge in [0.25, 0.3) is 11.8 Å². The Morgan fingerprint density at radius 2 is 1.69 bits per heavy atom. The standard InChI is InChI=1S/C18H19Cl2N3O3/c1-23(10-16(24)21-12-5-3-6-13(9-12)26-2)11-17(25)22-15-8-4-7-14(19)18(15)20/h3-9H,10-11H2,1-2H3,(H,21,24)(H,22,25)/p+1. The van der Waals surface area contributed by atoms with Crippen LogP contribution in [-0.2, 0) is 9.59 Å². The first kappa shape index (κ1) is 20.0. The number of benzene rings is 2. The van der Waals surface area contributed by atoms with E-state index in [1.54, 1.807) is 56.6 Å². The Kier molecular flexibility index (Phi) is 7.26. The van der Waals surface area contributed by atoms with Gasteiger partial charge in [-0.3, -0.25) is 9.59 Å². The molecule has 0 fully saturated rings. The molecule has 138 valence electrons. The summed E-state index contributed by atoms with van der Waals surface area (Å²) < 4.78 is 5.12. The largest absolute Gasteiger partial charge is 0.497 e. The summed E-state index contributed by atoms with van der Waals surface area (Å²) in [5.41, 5.74) is 1.08. The van der Waals surface area contributed by atoms with E-state index in [9.17, 15) is 9.59 Å². The Morgan fingerprint density at radius 1 is 1.04 bits per heavy atom. The van der Waals surface area contributed by atoms with Gasteiger partial charge in [-0.15, -0.1) is 0 Å². The molecule has 0 aliphatic heterocycles. The lowest BCUT2D eigenvalue weighted by atomic mass is 10.3. The molecule has 6 nitrogen and oxygen atoms in total. The molecule has 0 heterocycles. The van der Waals surface area contributed by atoms with Crippen molar-refractivity contribution in [1.29, 1.82) is 0 Å². The highest BCUT2D eigenvalue weighted by atomic mass is 35.5. The molecule has 0 bridgehead atoms. The van der Waals surface area contributed by atoms with Gasteiger partial charge < -0.3 is 20.3 Å². The zero-order valence-corrected chi connectivity index (χ0v) is 15.9. The maximum absolute atomic E-state index is 12.1. The topological polar surface area (TPSA) is 71.9 Å². The summed E-state index contributed by atoms with van der Waals surface area (Å²) in [5, 5.41) is 6.12.